The predicted octanol–water partition coefficient (Wildman–Crippen LogP) is 4.95. The number of carbonyl (C=O) groups is 1. The standard InChI is InChI=1S/C26H28FNO4/c1-16(28)21-8-6-9-22(25(21)27)19-11-17(12-20(13-19)26(2,3)31)15-32-23-10-5-4-7-18(23)14-24(29)30/h4-13,16,31H,14-15,28H2,1-3H3,(H,29,30). The number of hydrogen-bond donors (Lipinski definition) is 3. The fourth-order valence-corrected chi connectivity index (χ4v) is 3.52. The molecule has 0 fully saturated rings. The lowest BCUT2D eigenvalue weighted by Crippen LogP contribution is -2.16. The molecule has 0 aromatic heterocycles. The van der Waals surface area contributed by atoms with E-state index in [1.165, 1.54) is 0 Å². The van der Waals surface area contributed by atoms with Crippen molar-refractivity contribution < 1.29 is 24.1 Å². The number of hydrogen-bond acceptors (Lipinski definition) is 4. The number of ether oxygens (including phenoxy) is 1. The van der Waals surface area contributed by atoms with Crippen LogP contribution in [0.25, 0.3) is 11.1 Å². The van der Waals surface area contributed by atoms with Crippen molar-refractivity contribution in [1.29, 1.82) is 0 Å². The Morgan fingerprint density at radius 3 is 2.50 bits per heavy atom. The highest BCUT2D eigenvalue weighted by Gasteiger charge is 2.20. The van der Waals surface area contributed by atoms with Gasteiger partial charge in [-0.25, -0.2) is 4.39 Å². The van der Waals surface area contributed by atoms with Gasteiger partial charge >= 0.3 is 5.97 Å². The van der Waals surface area contributed by atoms with Crippen LogP contribution >= 0.6 is 0 Å². The molecule has 1 unspecified atom stereocenters. The summed E-state index contributed by atoms with van der Waals surface area (Å²) >= 11 is 0. The monoisotopic (exact) mass is 437 g/mol. The van der Waals surface area contributed by atoms with E-state index in [4.69, 9.17) is 15.6 Å². The first-order chi connectivity index (χ1) is 15.1. The third-order valence-electron chi connectivity index (χ3n) is 5.24. The van der Waals surface area contributed by atoms with E-state index in [9.17, 15) is 9.90 Å². The lowest BCUT2D eigenvalue weighted by Gasteiger charge is -2.21. The van der Waals surface area contributed by atoms with Crippen LogP contribution < -0.4 is 10.5 Å². The zero-order valence-corrected chi connectivity index (χ0v) is 18.4. The number of rotatable bonds is 8. The molecule has 3 aromatic rings. The van der Waals surface area contributed by atoms with Crippen molar-refractivity contribution in [2.24, 2.45) is 5.73 Å². The van der Waals surface area contributed by atoms with Crippen molar-refractivity contribution in [2.75, 3.05) is 0 Å². The molecule has 0 aliphatic carbocycles. The summed E-state index contributed by atoms with van der Waals surface area (Å²) in [6.45, 7) is 5.17. The minimum absolute atomic E-state index is 0.127. The minimum Gasteiger partial charge on any atom is -0.489 e. The molecule has 0 spiro atoms. The zero-order chi connectivity index (χ0) is 23.5. The largest absolute Gasteiger partial charge is 0.489 e. The topological polar surface area (TPSA) is 92.8 Å². The molecule has 3 rings (SSSR count). The molecule has 0 bridgehead atoms. The van der Waals surface area contributed by atoms with Crippen LogP contribution in [0, 0.1) is 5.82 Å². The van der Waals surface area contributed by atoms with Crippen LogP contribution in [-0.2, 0) is 23.4 Å². The molecule has 32 heavy (non-hydrogen) atoms. The maximum Gasteiger partial charge on any atom is 0.307 e. The summed E-state index contributed by atoms with van der Waals surface area (Å²) in [4.78, 5) is 11.1. The van der Waals surface area contributed by atoms with E-state index in [1.807, 2.05) is 0 Å². The van der Waals surface area contributed by atoms with Crippen LogP contribution in [-0.4, -0.2) is 16.2 Å². The first kappa shape index (κ1) is 23.4. The maximum absolute atomic E-state index is 15.2. The Morgan fingerprint density at radius 1 is 1.12 bits per heavy atom. The van der Waals surface area contributed by atoms with Crippen LogP contribution in [0.15, 0.2) is 60.7 Å². The predicted molar refractivity (Wildman–Crippen MR) is 122 cm³/mol. The molecule has 0 heterocycles. The molecule has 6 heteroatoms. The Labute approximate surface area is 187 Å². The zero-order valence-electron chi connectivity index (χ0n) is 18.4. The second-order valence-corrected chi connectivity index (χ2v) is 8.44. The van der Waals surface area contributed by atoms with Crippen molar-refractivity contribution in [3.05, 3.63) is 88.7 Å². The van der Waals surface area contributed by atoms with Gasteiger partial charge in [0.1, 0.15) is 18.2 Å². The van der Waals surface area contributed by atoms with Crippen molar-refractivity contribution in [2.45, 2.75) is 45.4 Å². The van der Waals surface area contributed by atoms with E-state index in [1.54, 1.807) is 81.4 Å². The second kappa shape index (κ2) is 9.51. The lowest BCUT2D eigenvalue weighted by molar-refractivity contribution is -0.136. The first-order valence-electron chi connectivity index (χ1n) is 10.4. The Bertz CT molecular complexity index is 1120. The molecule has 0 saturated heterocycles. The first-order valence-corrected chi connectivity index (χ1v) is 10.4. The van der Waals surface area contributed by atoms with Crippen molar-refractivity contribution >= 4 is 5.97 Å². The molecule has 1 atom stereocenters. The number of carboxylic acid groups (broad SMARTS) is 1. The number of carboxylic acids is 1. The number of aliphatic carboxylic acids is 1. The highest BCUT2D eigenvalue weighted by atomic mass is 19.1. The minimum atomic E-state index is -1.15. The lowest BCUT2D eigenvalue weighted by atomic mass is 9.91. The van der Waals surface area contributed by atoms with Gasteiger partial charge in [0.05, 0.1) is 12.0 Å². The van der Waals surface area contributed by atoms with E-state index in [2.05, 4.69) is 0 Å². The molecular weight excluding hydrogens is 409 g/mol. The molecule has 0 radical (unpaired) electrons. The summed E-state index contributed by atoms with van der Waals surface area (Å²) in [5.74, 6) is -0.874. The van der Waals surface area contributed by atoms with E-state index in [0.29, 0.717) is 33.6 Å². The molecule has 0 aliphatic heterocycles. The van der Waals surface area contributed by atoms with Crippen molar-refractivity contribution in [3.63, 3.8) is 0 Å². The van der Waals surface area contributed by atoms with Gasteiger partial charge in [-0.05, 0) is 61.7 Å². The highest BCUT2D eigenvalue weighted by Crippen LogP contribution is 2.32. The van der Waals surface area contributed by atoms with Gasteiger partial charge in [-0.1, -0.05) is 36.4 Å². The Morgan fingerprint density at radius 2 is 1.84 bits per heavy atom. The number of nitrogens with two attached hydrogens (primary N) is 1. The Balaban J connectivity index is 2.00. The summed E-state index contributed by atoms with van der Waals surface area (Å²) in [6, 6.07) is 16.9. The average Bonchev–Trinajstić information content (AvgIpc) is 2.72. The molecule has 0 amide bonds. The molecule has 0 saturated carbocycles. The molecule has 168 valence electrons. The smallest absolute Gasteiger partial charge is 0.307 e. The molecular formula is C26H28FNO4. The van der Waals surface area contributed by atoms with Crippen LogP contribution in [0.2, 0.25) is 0 Å². The van der Waals surface area contributed by atoms with Gasteiger partial charge in [-0.3, -0.25) is 4.79 Å². The van der Waals surface area contributed by atoms with Crippen LogP contribution in [0.3, 0.4) is 0 Å². The van der Waals surface area contributed by atoms with Crippen LogP contribution in [0.1, 0.15) is 49.1 Å². The summed E-state index contributed by atoms with van der Waals surface area (Å²) in [5, 5.41) is 19.7. The summed E-state index contributed by atoms with van der Waals surface area (Å²) in [6.07, 6.45) is -0.152. The fourth-order valence-electron chi connectivity index (χ4n) is 3.52. The van der Waals surface area contributed by atoms with Crippen molar-refractivity contribution in [1.82, 2.24) is 0 Å². The van der Waals surface area contributed by atoms with Gasteiger partial charge in [0.25, 0.3) is 0 Å². The highest BCUT2D eigenvalue weighted by molar-refractivity contribution is 5.71. The van der Waals surface area contributed by atoms with Crippen LogP contribution in [0.5, 0.6) is 5.75 Å². The van der Waals surface area contributed by atoms with Crippen molar-refractivity contribution in [3.8, 4) is 16.9 Å². The Hall–Kier alpha value is -3.22. The fraction of sp³-hybridized carbons (Fsp3) is 0.269. The van der Waals surface area contributed by atoms with Gasteiger partial charge in [-0.15, -0.1) is 0 Å². The number of halogens is 1. The maximum atomic E-state index is 15.2. The quantitative estimate of drug-likeness (QED) is 0.464. The third kappa shape index (κ3) is 5.52. The Kier molecular flexibility index (Phi) is 6.96. The third-order valence-corrected chi connectivity index (χ3v) is 5.24. The normalized spacial score (nSPS) is 12.4. The van der Waals surface area contributed by atoms with E-state index >= 15 is 4.39 Å². The van der Waals surface area contributed by atoms with Gasteiger partial charge < -0.3 is 20.7 Å². The van der Waals surface area contributed by atoms with Gasteiger partial charge in [0, 0.05) is 22.7 Å². The van der Waals surface area contributed by atoms with Crippen LogP contribution in [0.4, 0.5) is 4.39 Å². The molecule has 3 aromatic carbocycles. The average molecular weight is 438 g/mol. The van der Waals surface area contributed by atoms with Gasteiger partial charge in [-0.2, -0.15) is 0 Å². The number of benzene rings is 3. The van der Waals surface area contributed by atoms with Gasteiger partial charge in [0.2, 0.25) is 0 Å². The van der Waals surface area contributed by atoms with E-state index < -0.39 is 23.4 Å². The van der Waals surface area contributed by atoms with E-state index in [-0.39, 0.29) is 13.0 Å². The summed E-state index contributed by atoms with van der Waals surface area (Å²) in [5.41, 5.74) is 8.05. The molecule has 4 N–H and O–H groups in total. The summed E-state index contributed by atoms with van der Waals surface area (Å²) in [7, 11) is 0. The second-order valence-electron chi connectivity index (χ2n) is 8.44. The summed E-state index contributed by atoms with van der Waals surface area (Å²) < 4.78 is 21.1. The SMILES string of the molecule is CC(N)c1cccc(-c2cc(COc3ccccc3CC(=O)O)cc(C(C)(C)O)c2)c1F. The van der Waals surface area contributed by atoms with Gasteiger partial charge in [0.15, 0.2) is 0 Å². The number of aliphatic hydroxyl groups is 1. The van der Waals surface area contributed by atoms with E-state index in [0.717, 1.165) is 5.56 Å². The molecule has 5 nitrogen and oxygen atoms in total. The molecule has 0 aliphatic rings. The number of para-hydroxylation sites is 1.